The number of phenols is 3. The van der Waals surface area contributed by atoms with E-state index in [1.165, 1.54) is 24.3 Å². The lowest BCUT2D eigenvalue weighted by Gasteiger charge is -2.39. The maximum absolute atomic E-state index is 12.7. The summed E-state index contributed by atoms with van der Waals surface area (Å²) in [5, 5.41) is 114. The molecule has 2 aliphatic heterocycles. The first-order valence-electron chi connectivity index (χ1n) is 13.1. The van der Waals surface area contributed by atoms with E-state index in [-0.39, 0.29) is 22.5 Å². The van der Waals surface area contributed by atoms with E-state index in [1.807, 2.05) is 0 Å². The third-order valence-electron chi connectivity index (χ3n) is 7.02. The highest BCUT2D eigenvalue weighted by Crippen LogP contribution is 2.42. The topological polar surface area (TPSA) is 301 Å². The third kappa shape index (κ3) is 6.58. The zero-order chi connectivity index (χ0) is 32.5. The first-order chi connectivity index (χ1) is 20.8. The minimum absolute atomic E-state index is 0.0150. The molecule has 44 heavy (non-hydrogen) atoms. The Kier molecular flexibility index (Phi) is 10.3. The Labute approximate surface area is 246 Å². The van der Waals surface area contributed by atoms with Crippen molar-refractivity contribution in [2.24, 2.45) is 0 Å². The predicted octanol–water partition coefficient (Wildman–Crippen LogP) is -3.47. The van der Waals surface area contributed by atoms with E-state index in [0.717, 1.165) is 12.1 Å². The Bertz CT molecular complexity index is 1470. The van der Waals surface area contributed by atoms with E-state index in [9.17, 15) is 40.5 Å². The zero-order valence-corrected chi connectivity index (χ0v) is 22.6. The van der Waals surface area contributed by atoms with Crippen molar-refractivity contribution in [3.8, 4) is 34.3 Å². The van der Waals surface area contributed by atoms with Crippen LogP contribution in [0.3, 0.4) is 0 Å². The van der Waals surface area contributed by atoms with Crippen LogP contribution in [0.2, 0.25) is 0 Å². The van der Waals surface area contributed by atoms with Gasteiger partial charge in [-0.1, -0.05) is 0 Å². The standard InChI is InChI=1S/C21H20O11.C6H12O6/c22-7-14-16(27)17(28)18(29)21(31-14)32-19-12(26)5-10(24)15-11(25)6-13(30-20(15)19)8-1-3-9(23)4-2-8;7-1-2-3(8)4(9)5(10)6(11)12-2/h1-6,14,16-18,21-24,26-29H,7H2;2-11H,1H2/t14-,16-,17+,18-,21+;2-,3-,4+,5-,6-/m11/s1. The van der Waals surface area contributed by atoms with Gasteiger partial charge in [0.15, 0.2) is 23.1 Å². The summed E-state index contributed by atoms with van der Waals surface area (Å²) >= 11 is 0. The van der Waals surface area contributed by atoms with Gasteiger partial charge >= 0.3 is 0 Å². The van der Waals surface area contributed by atoms with Crippen molar-refractivity contribution < 1.29 is 79.9 Å². The second-order valence-corrected chi connectivity index (χ2v) is 10.0. The number of benzene rings is 2. The van der Waals surface area contributed by atoms with Gasteiger partial charge in [-0.2, -0.15) is 0 Å². The van der Waals surface area contributed by atoms with E-state index in [1.54, 1.807) is 0 Å². The summed E-state index contributed by atoms with van der Waals surface area (Å²) in [6.07, 6.45) is -15.1. The molecular formula is C27H32O17. The molecule has 2 fully saturated rings. The molecule has 0 aliphatic carbocycles. The van der Waals surface area contributed by atoms with E-state index < -0.39 is 97.3 Å². The molecule has 12 N–H and O–H groups in total. The van der Waals surface area contributed by atoms with Crippen LogP contribution in [0.4, 0.5) is 0 Å². The van der Waals surface area contributed by atoms with Gasteiger partial charge in [0, 0.05) is 17.7 Å². The maximum atomic E-state index is 12.7. The number of aliphatic hydroxyl groups excluding tert-OH is 9. The van der Waals surface area contributed by atoms with Gasteiger partial charge in [0.1, 0.15) is 71.5 Å². The van der Waals surface area contributed by atoms with Crippen LogP contribution in [0.5, 0.6) is 23.0 Å². The summed E-state index contributed by atoms with van der Waals surface area (Å²) in [5.74, 6) is -1.74. The summed E-state index contributed by atoms with van der Waals surface area (Å²) < 4.78 is 21.1. The van der Waals surface area contributed by atoms with Crippen LogP contribution >= 0.6 is 0 Å². The van der Waals surface area contributed by atoms with E-state index in [0.29, 0.717) is 5.56 Å². The quantitative estimate of drug-likeness (QED) is 0.131. The van der Waals surface area contributed by atoms with Crippen LogP contribution in [0, 0.1) is 0 Å². The van der Waals surface area contributed by atoms with Crippen LogP contribution in [0.15, 0.2) is 45.6 Å². The highest BCUT2D eigenvalue weighted by atomic mass is 16.7. The summed E-state index contributed by atoms with van der Waals surface area (Å²) in [7, 11) is 0. The molecule has 0 bridgehead atoms. The first kappa shape index (κ1) is 33.3. The van der Waals surface area contributed by atoms with Crippen molar-refractivity contribution >= 4 is 11.0 Å². The molecule has 0 amide bonds. The van der Waals surface area contributed by atoms with E-state index in [4.69, 9.17) is 39.4 Å². The molecule has 242 valence electrons. The van der Waals surface area contributed by atoms with Crippen LogP contribution in [0.25, 0.3) is 22.3 Å². The molecule has 3 heterocycles. The second-order valence-electron chi connectivity index (χ2n) is 10.0. The second kappa shape index (κ2) is 13.6. The number of phenolic OH excluding ortho intramolecular Hbond substituents is 3. The lowest BCUT2D eigenvalue weighted by Crippen LogP contribution is -2.60. The Hall–Kier alpha value is -3.59. The maximum Gasteiger partial charge on any atom is 0.229 e. The molecule has 0 unspecified atom stereocenters. The van der Waals surface area contributed by atoms with Crippen molar-refractivity contribution in [2.75, 3.05) is 13.2 Å². The molecule has 0 saturated carbocycles. The summed E-state index contributed by atoms with van der Waals surface area (Å²) in [6.45, 7) is -1.23. The number of ether oxygens (including phenoxy) is 3. The average molecular weight is 629 g/mol. The third-order valence-corrected chi connectivity index (χ3v) is 7.02. The van der Waals surface area contributed by atoms with Gasteiger partial charge in [0.05, 0.1) is 13.2 Å². The average Bonchev–Trinajstić information content (AvgIpc) is 3.00. The van der Waals surface area contributed by atoms with Gasteiger partial charge in [-0.15, -0.1) is 0 Å². The minimum Gasteiger partial charge on any atom is -0.508 e. The lowest BCUT2D eigenvalue weighted by molar-refractivity contribution is -0.286. The van der Waals surface area contributed by atoms with Crippen molar-refractivity contribution in [1.29, 1.82) is 0 Å². The van der Waals surface area contributed by atoms with Crippen molar-refractivity contribution in [1.82, 2.24) is 0 Å². The molecule has 2 aliphatic rings. The fourth-order valence-electron chi connectivity index (χ4n) is 4.52. The minimum atomic E-state index is -1.79. The highest BCUT2D eigenvalue weighted by Gasteiger charge is 2.45. The number of aromatic hydroxyl groups is 3. The Morgan fingerprint density at radius 2 is 1.25 bits per heavy atom. The van der Waals surface area contributed by atoms with Gasteiger partial charge in [0.2, 0.25) is 12.0 Å². The van der Waals surface area contributed by atoms with Gasteiger partial charge in [-0.25, -0.2) is 0 Å². The largest absolute Gasteiger partial charge is 0.508 e. The van der Waals surface area contributed by atoms with Crippen LogP contribution in [-0.4, -0.2) is 136 Å². The van der Waals surface area contributed by atoms with Gasteiger partial charge in [-0.05, 0) is 24.3 Å². The zero-order valence-electron chi connectivity index (χ0n) is 22.6. The fraction of sp³-hybridized carbons (Fsp3) is 0.444. The molecule has 1 aromatic heterocycles. The molecule has 0 spiro atoms. The Morgan fingerprint density at radius 1 is 0.682 bits per heavy atom. The van der Waals surface area contributed by atoms with Crippen molar-refractivity contribution in [3.63, 3.8) is 0 Å². The molecule has 17 heteroatoms. The number of hydrogen-bond donors (Lipinski definition) is 12. The number of aliphatic hydroxyl groups is 9. The monoisotopic (exact) mass is 628 g/mol. The SMILES string of the molecule is O=c1cc(-c2ccc(O)cc2)oc2c(O[C@@H]3O[C@H](CO)[C@@H](O)[C@H](O)[C@H]3O)c(O)cc(O)c12.OC[C@H]1O[C@@H](O)[C@H](O)[C@@H](O)[C@@H]1O. The van der Waals surface area contributed by atoms with E-state index >= 15 is 0 Å². The van der Waals surface area contributed by atoms with Crippen molar-refractivity contribution in [2.45, 2.75) is 61.4 Å². The molecule has 0 radical (unpaired) electrons. The Balaban J connectivity index is 0.000000309. The van der Waals surface area contributed by atoms with Gasteiger partial charge in [0.25, 0.3) is 0 Å². The number of fused-ring (bicyclic) bond motifs is 1. The summed E-state index contributed by atoms with van der Waals surface area (Å²) in [4.78, 5) is 12.7. The molecule has 2 saturated heterocycles. The number of hydrogen-bond acceptors (Lipinski definition) is 17. The van der Waals surface area contributed by atoms with E-state index in [2.05, 4.69) is 4.74 Å². The molecule has 10 atom stereocenters. The Morgan fingerprint density at radius 3 is 1.84 bits per heavy atom. The van der Waals surface area contributed by atoms with Crippen LogP contribution in [-0.2, 0) is 9.47 Å². The van der Waals surface area contributed by atoms with Gasteiger partial charge in [-0.3, -0.25) is 4.79 Å². The van der Waals surface area contributed by atoms with Crippen LogP contribution in [0.1, 0.15) is 0 Å². The smallest absolute Gasteiger partial charge is 0.229 e. The predicted molar refractivity (Wildman–Crippen MR) is 143 cm³/mol. The number of rotatable bonds is 5. The van der Waals surface area contributed by atoms with Gasteiger partial charge < -0.3 is 79.9 Å². The molecule has 17 nitrogen and oxygen atoms in total. The molecule has 3 aromatic rings. The lowest BCUT2D eigenvalue weighted by atomic mass is 9.99. The molecule has 5 rings (SSSR count). The first-order valence-corrected chi connectivity index (χ1v) is 13.1. The van der Waals surface area contributed by atoms with Crippen molar-refractivity contribution in [3.05, 3.63) is 46.6 Å². The fourth-order valence-corrected chi connectivity index (χ4v) is 4.52. The summed E-state index contributed by atoms with van der Waals surface area (Å²) in [5.41, 5.74) is -0.663. The highest BCUT2D eigenvalue weighted by molar-refractivity contribution is 5.91. The summed E-state index contributed by atoms with van der Waals surface area (Å²) in [6, 6.07) is 7.61. The van der Waals surface area contributed by atoms with Crippen LogP contribution < -0.4 is 10.2 Å². The molecule has 2 aromatic carbocycles. The normalized spacial score (nSPS) is 32.1. The molecular weight excluding hydrogens is 596 g/mol.